The van der Waals surface area contributed by atoms with E-state index in [2.05, 4.69) is 16.7 Å². The lowest BCUT2D eigenvalue weighted by Crippen LogP contribution is -2.51. The normalized spacial score (nSPS) is 13.9. The number of carbonyl (C=O) groups is 3. The van der Waals surface area contributed by atoms with Crippen molar-refractivity contribution < 1.29 is 19.1 Å². The fourth-order valence-electron chi connectivity index (χ4n) is 2.36. The highest BCUT2D eigenvalue weighted by atomic mass is 16.5. The number of carbonyl (C=O) groups excluding carboxylic acids is 3. The first-order chi connectivity index (χ1) is 13.1. The molecule has 1 aromatic carbocycles. The monoisotopic (exact) mass is 387 g/mol. The van der Waals surface area contributed by atoms with Crippen LogP contribution in [0.2, 0.25) is 0 Å². The van der Waals surface area contributed by atoms with Gasteiger partial charge in [0.25, 0.3) is 5.91 Å². The maximum Gasteiger partial charge on any atom is 0.329 e. The van der Waals surface area contributed by atoms with Crippen molar-refractivity contribution in [3.05, 3.63) is 35.9 Å². The minimum atomic E-state index is -1.05. The van der Waals surface area contributed by atoms with E-state index in [1.54, 1.807) is 20.8 Å². The lowest BCUT2D eigenvalue weighted by molar-refractivity contribution is -0.153. The fraction of sp³-hybridized carbons (Fsp3) is 0.524. The van der Waals surface area contributed by atoms with Gasteiger partial charge in [0.05, 0.1) is 12.5 Å². The largest absolute Gasteiger partial charge is 0.454 e. The van der Waals surface area contributed by atoms with E-state index in [0.29, 0.717) is 0 Å². The summed E-state index contributed by atoms with van der Waals surface area (Å²) in [5.41, 5.74) is -0.218. The van der Waals surface area contributed by atoms with E-state index in [1.165, 1.54) is 0 Å². The van der Waals surface area contributed by atoms with Gasteiger partial charge in [-0.2, -0.15) is 5.26 Å². The SMILES string of the molecule is CC(C)[C@H](NC(=O)Cc1ccccc1)C(=O)OCC(=O)N[C@](C)(C#N)C(C)C. The predicted molar refractivity (Wildman–Crippen MR) is 105 cm³/mol. The van der Waals surface area contributed by atoms with E-state index in [4.69, 9.17) is 4.74 Å². The fourth-order valence-corrected chi connectivity index (χ4v) is 2.36. The molecule has 0 aromatic heterocycles. The van der Waals surface area contributed by atoms with Gasteiger partial charge in [-0.15, -0.1) is 0 Å². The quantitative estimate of drug-likeness (QED) is 0.630. The van der Waals surface area contributed by atoms with Crippen LogP contribution in [0.25, 0.3) is 0 Å². The van der Waals surface area contributed by atoms with Gasteiger partial charge < -0.3 is 15.4 Å². The van der Waals surface area contributed by atoms with Crippen LogP contribution in [0.15, 0.2) is 30.3 Å². The van der Waals surface area contributed by atoms with Crippen LogP contribution in [0, 0.1) is 23.2 Å². The molecule has 2 N–H and O–H groups in total. The molecule has 0 spiro atoms. The van der Waals surface area contributed by atoms with Crippen molar-refractivity contribution in [2.24, 2.45) is 11.8 Å². The summed E-state index contributed by atoms with van der Waals surface area (Å²) in [6.07, 6.45) is 0.146. The number of rotatable bonds is 9. The Kier molecular flexibility index (Phi) is 8.65. The molecule has 0 bridgehead atoms. The summed E-state index contributed by atoms with van der Waals surface area (Å²) < 4.78 is 5.07. The van der Waals surface area contributed by atoms with Gasteiger partial charge in [0.15, 0.2) is 6.61 Å². The molecule has 0 heterocycles. The van der Waals surface area contributed by atoms with Gasteiger partial charge >= 0.3 is 5.97 Å². The molecule has 0 fully saturated rings. The first-order valence-corrected chi connectivity index (χ1v) is 9.31. The van der Waals surface area contributed by atoms with Crippen LogP contribution >= 0.6 is 0 Å². The summed E-state index contributed by atoms with van der Waals surface area (Å²) >= 11 is 0. The van der Waals surface area contributed by atoms with Crippen LogP contribution in [0.3, 0.4) is 0 Å². The molecule has 152 valence electrons. The molecule has 0 aliphatic rings. The van der Waals surface area contributed by atoms with Gasteiger partial charge in [-0.05, 0) is 24.3 Å². The van der Waals surface area contributed by atoms with Crippen molar-refractivity contribution in [2.75, 3.05) is 6.61 Å². The summed E-state index contributed by atoms with van der Waals surface area (Å²) in [6, 6.07) is 10.4. The van der Waals surface area contributed by atoms with Crippen molar-refractivity contribution in [3.63, 3.8) is 0 Å². The van der Waals surface area contributed by atoms with Crippen LogP contribution in [-0.2, 0) is 25.5 Å². The van der Waals surface area contributed by atoms with Gasteiger partial charge in [0, 0.05) is 0 Å². The molecular weight excluding hydrogens is 358 g/mol. The highest BCUT2D eigenvalue weighted by molar-refractivity contribution is 5.87. The lowest BCUT2D eigenvalue weighted by atomic mass is 9.90. The molecule has 1 aromatic rings. The van der Waals surface area contributed by atoms with Crippen LogP contribution in [-0.4, -0.2) is 36.0 Å². The number of esters is 1. The second kappa shape index (κ2) is 10.5. The molecule has 0 unspecified atom stereocenters. The molecule has 28 heavy (non-hydrogen) atoms. The summed E-state index contributed by atoms with van der Waals surface area (Å²) in [5.74, 6) is -1.88. The molecule has 2 amide bonds. The second-order valence-electron chi connectivity index (χ2n) is 7.58. The number of hydrogen-bond donors (Lipinski definition) is 2. The summed E-state index contributed by atoms with van der Waals surface area (Å²) in [7, 11) is 0. The molecular formula is C21H29N3O4. The Hall–Kier alpha value is -2.88. The zero-order chi connectivity index (χ0) is 21.3. The number of amides is 2. The van der Waals surface area contributed by atoms with Crippen LogP contribution in [0.4, 0.5) is 0 Å². The van der Waals surface area contributed by atoms with Crippen molar-refractivity contribution in [1.82, 2.24) is 10.6 Å². The minimum Gasteiger partial charge on any atom is -0.454 e. The minimum absolute atomic E-state index is 0.113. The molecule has 0 aliphatic carbocycles. The number of nitrogens with one attached hydrogen (secondary N) is 2. The number of nitriles is 1. The van der Waals surface area contributed by atoms with E-state index < -0.39 is 30.1 Å². The molecule has 7 nitrogen and oxygen atoms in total. The number of nitrogens with zero attached hydrogens (tertiary/aromatic N) is 1. The number of hydrogen-bond acceptors (Lipinski definition) is 5. The first kappa shape index (κ1) is 23.2. The Labute approximate surface area is 166 Å². The van der Waals surface area contributed by atoms with Crippen molar-refractivity contribution in [1.29, 1.82) is 5.26 Å². The van der Waals surface area contributed by atoms with Gasteiger partial charge in [-0.3, -0.25) is 9.59 Å². The van der Waals surface area contributed by atoms with Crippen LogP contribution in [0.5, 0.6) is 0 Å². The predicted octanol–water partition coefficient (Wildman–Crippen LogP) is 1.97. The maximum atomic E-state index is 12.4. The molecule has 1 rings (SSSR count). The summed E-state index contributed by atoms with van der Waals surface area (Å²) in [6.45, 7) is 8.28. The van der Waals surface area contributed by atoms with E-state index in [1.807, 2.05) is 44.2 Å². The third-order valence-corrected chi connectivity index (χ3v) is 4.58. The first-order valence-electron chi connectivity index (χ1n) is 9.31. The maximum absolute atomic E-state index is 12.4. The zero-order valence-electron chi connectivity index (χ0n) is 17.1. The van der Waals surface area contributed by atoms with E-state index in [-0.39, 0.29) is 24.2 Å². The van der Waals surface area contributed by atoms with Crippen molar-refractivity contribution in [2.45, 2.75) is 52.6 Å². The van der Waals surface area contributed by atoms with Gasteiger partial charge in [-0.1, -0.05) is 58.0 Å². The molecule has 0 aliphatic heterocycles. The van der Waals surface area contributed by atoms with Crippen LogP contribution < -0.4 is 10.6 Å². The Morgan fingerprint density at radius 2 is 1.71 bits per heavy atom. The number of benzene rings is 1. The van der Waals surface area contributed by atoms with Crippen molar-refractivity contribution >= 4 is 17.8 Å². The molecule has 7 heteroatoms. The summed E-state index contributed by atoms with van der Waals surface area (Å²) in [4.78, 5) is 36.7. The standard InChI is InChI=1S/C21H29N3O4/c1-14(2)19(23-17(25)11-16-9-7-6-8-10-16)20(27)28-12-18(26)24-21(5,13-22)15(3)4/h6-10,14-15,19H,11-12H2,1-5H3,(H,23,25)(H,24,26)/t19-,21+/m0/s1. The Bertz CT molecular complexity index is 725. The number of ether oxygens (including phenoxy) is 1. The third kappa shape index (κ3) is 7.03. The van der Waals surface area contributed by atoms with Gasteiger partial charge in [0.1, 0.15) is 11.6 Å². The Morgan fingerprint density at radius 3 is 2.21 bits per heavy atom. The molecule has 0 saturated carbocycles. The summed E-state index contributed by atoms with van der Waals surface area (Å²) in [5, 5.41) is 14.5. The van der Waals surface area contributed by atoms with Crippen LogP contribution in [0.1, 0.15) is 40.2 Å². The topological polar surface area (TPSA) is 108 Å². The second-order valence-corrected chi connectivity index (χ2v) is 7.58. The van der Waals surface area contributed by atoms with Crippen molar-refractivity contribution in [3.8, 4) is 6.07 Å². The zero-order valence-corrected chi connectivity index (χ0v) is 17.1. The molecule has 2 atom stereocenters. The Balaban J connectivity index is 2.62. The molecule has 0 saturated heterocycles. The van der Waals surface area contributed by atoms with E-state index >= 15 is 0 Å². The Morgan fingerprint density at radius 1 is 1.11 bits per heavy atom. The third-order valence-electron chi connectivity index (χ3n) is 4.58. The smallest absolute Gasteiger partial charge is 0.329 e. The molecule has 0 radical (unpaired) electrons. The lowest BCUT2D eigenvalue weighted by Gasteiger charge is -2.27. The van der Waals surface area contributed by atoms with E-state index in [0.717, 1.165) is 5.56 Å². The van der Waals surface area contributed by atoms with Gasteiger partial charge in [0.2, 0.25) is 5.91 Å². The average Bonchev–Trinajstić information content (AvgIpc) is 2.64. The van der Waals surface area contributed by atoms with E-state index in [9.17, 15) is 19.6 Å². The highest BCUT2D eigenvalue weighted by Crippen LogP contribution is 2.15. The van der Waals surface area contributed by atoms with Gasteiger partial charge in [-0.25, -0.2) is 4.79 Å². The highest BCUT2D eigenvalue weighted by Gasteiger charge is 2.31. The average molecular weight is 387 g/mol.